The van der Waals surface area contributed by atoms with Gasteiger partial charge in [0.05, 0.1) is 10.6 Å². The Morgan fingerprint density at radius 1 is 1.25 bits per heavy atom. The molecule has 1 aromatic rings. The molecule has 1 saturated heterocycles. The van der Waals surface area contributed by atoms with E-state index in [1.807, 2.05) is 11.8 Å². The molecule has 0 N–H and O–H groups in total. The maximum atomic E-state index is 12.4. The van der Waals surface area contributed by atoms with Crippen molar-refractivity contribution in [2.24, 2.45) is 0 Å². The molecular weight excluding hydrogens is 278 g/mol. The predicted molar refractivity (Wildman–Crippen MR) is 76.6 cm³/mol. The Hall–Kier alpha value is -1.62. The lowest BCUT2D eigenvalue weighted by molar-refractivity contribution is -0.130. The van der Waals surface area contributed by atoms with Crippen molar-refractivity contribution < 1.29 is 9.59 Å². The van der Waals surface area contributed by atoms with Crippen LogP contribution in [0, 0.1) is 0 Å². The van der Waals surface area contributed by atoms with Gasteiger partial charge < -0.3 is 9.80 Å². The van der Waals surface area contributed by atoms with Crippen molar-refractivity contribution in [3.05, 3.63) is 29.0 Å². The molecule has 0 radical (unpaired) electrons. The van der Waals surface area contributed by atoms with Crippen molar-refractivity contribution in [2.75, 3.05) is 26.2 Å². The van der Waals surface area contributed by atoms with Gasteiger partial charge in [-0.05, 0) is 12.5 Å². The van der Waals surface area contributed by atoms with Crippen molar-refractivity contribution in [3.63, 3.8) is 0 Å². The summed E-state index contributed by atoms with van der Waals surface area (Å²) in [6, 6.07) is 1.61. The third kappa shape index (κ3) is 3.28. The van der Waals surface area contributed by atoms with Crippen LogP contribution in [0.5, 0.6) is 0 Å². The number of hydrogen-bond acceptors (Lipinski definition) is 3. The Kier molecular flexibility index (Phi) is 4.95. The van der Waals surface area contributed by atoms with Gasteiger partial charge in [0.15, 0.2) is 0 Å². The van der Waals surface area contributed by atoms with Crippen LogP contribution in [-0.2, 0) is 4.79 Å². The van der Waals surface area contributed by atoms with E-state index >= 15 is 0 Å². The molecule has 0 unspecified atom stereocenters. The molecule has 1 aliphatic rings. The van der Waals surface area contributed by atoms with Gasteiger partial charge in [0.2, 0.25) is 5.91 Å². The number of nitrogens with zero attached hydrogens (tertiary/aromatic N) is 3. The fraction of sp³-hybridized carbons (Fsp3) is 0.500. The van der Waals surface area contributed by atoms with Gasteiger partial charge in [0.25, 0.3) is 5.91 Å². The van der Waals surface area contributed by atoms with E-state index in [4.69, 9.17) is 11.6 Å². The lowest BCUT2D eigenvalue weighted by atomic mass is 10.2. The van der Waals surface area contributed by atoms with Crippen molar-refractivity contribution in [1.82, 2.24) is 14.8 Å². The number of rotatable bonds is 2. The second kappa shape index (κ2) is 6.70. The van der Waals surface area contributed by atoms with E-state index in [2.05, 4.69) is 4.98 Å². The first-order valence-electron chi connectivity index (χ1n) is 6.80. The van der Waals surface area contributed by atoms with Gasteiger partial charge in [-0.2, -0.15) is 0 Å². The van der Waals surface area contributed by atoms with Gasteiger partial charge in [0.1, 0.15) is 0 Å². The van der Waals surface area contributed by atoms with Gasteiger partial charge >= 0.3 is 0 Å². The zero-order valence-electron chi connectivity index (χ0n) is 11.5. The Bertz CT molecular complexity index is 507. The van der Waals surface area contributed by atoms with Gasteiger partial charge in [-0.3, -0.25) is 14.6 Å². The maximum absolute atomic E-state index is 12.4. The molecule has 108 valence electrons. The summed E-state index contributed by atoms with van der Waals surface area (Å²) < 4.78 is 0. The second-order valence-electron chi connectivity index (χ2n) is 4.74. The summed E-state index contributed by atoms with van der Waals surface area (Å²) in [5.41, 5.74) is 0.421. The molecule has 0 bridgehead atoms. The van der Waals surface area contributed by atoms with Crippen LogP contribution < -0.4 is 0 Å². The Morgan fingerprint density at radius 2 is 1.95 bits per heavy atom. The smallest absolute Gasteiger partial charge is 0.257 e. The first kappa shape index (κ1) is 14.8. The predicted octanol–water partition coefficient (Wildman–Crippen LogP) is 1.82. The van der Waals surface area contributed by atoms with E-state index in [0.29, 0.717) is 43.2 Å². The minimum absolute atomic E-state index is 0.117. The monoisotopic (exact) mass is 295 g/mol. The van der Waals surface area contributed by atoms with Crippen molar-refractivity contribution in [1.29, 1.82) is 0 Å². The van der Waals surface area contributed by atoms with Crippen LogP contribution in [-0.4, -0.2) is 52.8 Å². The highest BCUT2D eigenvalue weighted by molar-refractivity contribution is 6.33. The molecule has 0 saturated carbocycles. The summed E-state index contributed by atoms with van der Waals surface area (Å²) in [6.07, 6.45) is 4.34. The SMILES string of the molecule is CCC(=O)N1CCCN(C(=O)c2cnccc2Cl)CC1. The largest absolute Gasteiger partial charge is 0.341 e. The molecule has 2 amide bonds. The number of hydrogen-bond donors (Lipinski definition) is 0. The molecule has 0 aromatic carbocycles. The minimum atomic E-state index is -0.117. The molecule has 0 spiro atoms. The van der Waals surface area contributed by atoms with E-state index in [1.54, 1.807) is 17.2 Å². The van der Waals surface area contributed by atoms with Gasteiger partial charge in [-0.25, -0.2) is 0 Å². The summed E-state index contributed by atoms with van der Waals surface area (Å²) in [7, 11) is 0. The summed E-state index contributed by atoms with van der Waals surface area (Å²) in [5, 5.41) is 0.413. The van der Waals surface area contributed by atoms with Crippen LogP contribution in [0.1, 0.15) is 30.1 Å². The van der Waals surface area contributed by atoms with E-state index in [0.717, 1.165) is 6.42 Å². The van der Waals surface area contributed by atoms with Crippen LogP contribution in [0.4, 0.5) is 0 Å². The van der Waals surface area contributed by atoms with Gasteiger partial charge in [-0.15, -0.1) is 0 Å². The third-order valence-corrected chi connectivity index (χ3v) is 3.77. The first-order chi connectivity index (χ1) is 9.63. The summed E-state index contributed by atoms with van der Waals surface area (Å²) in [6.45, 7) is 4.31. The highest BCUT2D eigenvalue weighted by Crippen LogP contribution is 2.17. The van der Waals surface area contributed by atoms with E-state index < -0.39 is 0 Å². The molecule has 20 heavy (non-hydrogen) atoms. The number of halogens is 1. The number of carbonyl (C=O) groups excluding carboxylic acids is 2. The zero-order chi connectivity index (χ0) is 14.5. The lowest BCUT2D eigenvalue weighted by Crippen LogP contribution is -2.37. The van der Waals surface area contributed by atoms with Crippen molar-refractivity contribution in [2.45, 2.75) is 19.8 Å². The minimum Gasteiger partial charge on any atom is -0.341 e. The quantitative estimate of drug-likeness (QED) is 0.836. The fourth-order valence-electron chi connectivity index (χ4n) is 2.30. The molecule has 1 fully saturated rings. The van der Waals surface area contributed by atoms with Crippen LogP contribution in [0.25, 0.3) is 0 Å². The Balaban J connectivity index is 2.05. The average Bonchev–Trinajstić information content (AvgIpc) is 2.72. The molecule has 1 aromatic heterocycles. The molecule has 6 heteroatoms. The summed E-state index contributed by atoms with van der Waals surface area (Å²) in [5.74, 6) is 0.0209. The number of carbonyl (C=O) groups is 2. The summed E-state index contributed by atoms with van der Waals surface area (Å²) in [4.78, 5) is 31.6. The molecule has 0 atom stereocenters. The molecular formula is C14H18ClN3O2. The van der Waals surface area contributed by atoms with Crippen LogP contribution in [0.3, 0.4) is 0 Å². The normalized spacial score (nSPS) is 15.9. The highest BCUT2D eigenvalue weighted by atomic mass is 35.5. The van der Waals surface area contributed by atoms with Crippen molar-refractivity contribution >= 4 is 23.4 Å². The lowest BCUT2D eigenvalue weighted by Gasteiger charge is -2.22. The Morgan fingerprint density at radius 3 is 2.65 bits per heavy atom. The zero-order valence-corrected chi connectivity index (χ0v) is 12.3. The molecule has 2 heterocycles. The van der Waals surface area contributed by atoms with Crippen LogP contribution >= 0.6 is 11.6 Å². The number of amides is 2. The standard InChI is InChI=1S/C14H18ClN3O2/c1-2-13(19)17-6-3-7-18(9-8-17)14(20)11-10-16-5-4-12(11)15/h4-5,10H,2-3,6-9H2,1H3. The summed E-state index contributed by atoms with van der Waals surface area (Å²) >= 11 is 6.03. The van der Waals surface area contributed by atoms with E-state index in [-0.39, 0.29) is 11.8 Å². The first-order valence-corrected chi connectivity index (χ1v) is 7.18. The Labute approximate surface area is 123 Å². The molecule has 0 aliphatic carbocycles. The van der Waals surface area contributed by atoms with Gasteiger partial charge in [0, 0.05) is 45.0 Å². The molecule has 1 aliphatic heterocycles. The van der Waals surface area contributed by atoms with Crippen LogP contribution in [0.15, 0.2) is 18.5 Å². The van der Waals surface area contributed by atoms with E-state index in [1.165, 1.54) is 6.20 Å². The number of pyridine rings is 1. The second-order valence-corrected chi connectivity index (χ2v) is 5.14. The fourth-order valence-corrected chi connectivity index (χ4v) is 2.48. The maximum Gasteiger partial charge on any atom is 0.257 e. The van der Waals surface area contributed by atoms with E-state index in [9.17, 15) is 9.59 Å². The topological polar surface area (TPSA) is 53.5 Å². The number of aromatic nitrogens is 1. The average molecular weight is 296 g/mol. The van der Waals surface area contributed by atoms with Crippen molar-refractivity contribution in [3.8, 4) is 0 Å². The third-order valence-electron chi connectivity index (χ3n) is 3.44. The highest BCUT2D eigenvalue weighted by Gasteiger charge is 2.23. The molecule has 5 nitrogen and oxygen atoms in total. The van der Waals surface area contributed by atoms with Crippen LogP contribution in [0.2, 0.25) is 5.02 Å². The molecule has 2 rings (SSSR count). The van der Waals surface area contributed by atoms with Gasteiger partial charge in [-0.1, -0.05) is 18.5 Å².